The van der Waals surface area contributed by atoms with Crippen molar-refractivity contribution in [2.45, 2.75) is 6.18 Å². The van der Waals surface area contributed by atoms with Crippen LogP contribution >= 0.6 is 0 Å². The Bertz CT molecular complexity index is 1180. The molecule has 4 aromatic rings. The number of furan rings is 1. The molecule has 1 N–H and O–H groups in total. The number of carbonyl (C=O) groups is 1. The zero-order valence-corrected chi connectivity index (χ0v) is 14.5. The third-order valence-corrected chi connectivity index (χ3v) is 4.20. The van der Waals surface area contributed by atoms with Gasteiger partial charge in [0.1, 0.15) is 5.75 Å². The number of ether oxygens (including phenoxy) is 1. The SMILES string of the molecule is COc1ccc2cc3cc(C(=O)Nc4ccc(C(F)(F)F)cc4)oc3nc2c1. The summed E-state index contributed by atoms with van der Waals surface area (Å²) in [6, 6.07) is 12.9. The van der Waals surface area contributed by atoms with Gasteiger partial charge >= 0.3 is 6.18 Å². The molecular formula is C20H13F3N2O3. The number of nitrogens with one attached hydrogen (secondary N) is 1. The summed E-state index contributed by atoms with van der Waals surface area (Å²) in [6.45, 7) is 0. The minimum Gasteiger partial charge on any atom is -0.497 e. The normalized spacial score (nSPS) is 11.7. The highest BCUT2D eigenvalue weighted by Crippen LogP contribution is 2.30. The van der Waals surface area contributed by atoms with E-state index in [9.17, 15) is 18.0 Å². The minimum atomic E-state index is -4.43. The summed E-state index contributed by atoms with van der Waals surface area (Å²) < 4.78 is 48.5. The van der Waals surface area contributed by atoms with Crippen molar-refractivity contribution in [1.29, 1.82) is 0 Å². The molecule has 142 valence electrons. The molecule has 0 atom stereocenters. The van der Waals surface area contributed by atoms with Crippen molar-refractivity contribution in [1.82, 2.24) is 4.98 Å². The lowest BCUT2D eigenvalue weighted by Gasteiger charge is -2.08. The standard InChI is InChI=1S/C20H13F3N2O3/c1-27-15-7-2-11-8-12-9-17(28-19(12)25-16(11)10-15)18(26)24-14-5-3-13(4-6-14)20(21,22)23/h2-10H,1H3,(H,24,26). The van der Waals surface area contributed by atoms with Crippen LogP contribution in [0.4, 0.5) is 18.9 Å². The molecule has 5 nitrogen and oxygen atoms in total. The summed E-state index contributed by atoms with van der Waals surface area (Å²) >= 11 is 0. The van der Waals surface area contributed by atoms with E-state index in [1.165, 1.54) is 18.2 Å². The van der Waals surface area contributed by atoms with Crippen LogP contribution in [0, 0.1) is 0 Å². The average Bonchev–Trinajstić information content (AvgIpc) is 3.08. The Hall–Kier alpha value is -3.55. The van der Waals surface area contributed by atoms with Crippen molar-refractivity contribution >= 4 is 33.6 Å². The molecule has 0 saturated carbocycles. The first-order valence-electron chi connectivity index (χ1n) is 8.20. The number of benzene rings is 2. The van der Waals surface area contributed by atoms with E-state index < -0.39 is 17.6 Å². The Kier molecular flexibility index (Phi) is 4.18. The number of hydrogen-bond acceptors (Lipinski definition) is 4. The topological polar surface area (TPSA) is 64.4 Å². The fraction of sp³-hybridized carbons (Fsp3) is 0.100. The molecule has 4 rings (SSSR count). The first kappa shape index (κ1) is 17.8. The molecule has 0 aliphatic heterocycles. The molecule has 8 heteroatoms. The van der Waals surface area contributed by atoms with Crippen LogP contribution in [0.5, 0.6) is 5.75 Å². The van der Waals surface area contributed by atoms with E-state index in [1.54, 1.807) is 19.2 Å². The number of alkyl halides is 3. The van der Waals surface area contributed by atoms with Gasteiger partial charge in [-0.3, -0.25) is 4.79 Å². The third kappa shape index (κ3) is 3.36. The molecule has 28 heavy (non-hydrogen) atoms. The largest absolute Gasteiger partial charge is 0.497 e. The van der Waals surface area contributed by atoms with Crippen molar-refractivity contribution in [3.05, 3.63) is 65.9 Å². The molecule has 0 saturated heterocycles. The van der Waals surface area contributed by atoms with Gasteiger partial charge in [0, 0.05) is 22.5 Å². The lowest BCUT2D eigenvalue weighted by molar-refractivity contribution is -0.137. The maximum absolute atomic E-state index is 12.6. The number of pyridine rings is 1. The van der Waals surface area contributed by atoms with Gasteiger partial charge < -0.3 is 14.5 Å². The van der Waals surface area contributed by atoms with Crippen LogP contribution in [0.2, 0.25) is 0 Å². The molecule has 0 unspecified atom stereocenters. The van der Waals surface area contributed by atoms with Gasteiger partial charge in [-0.25, -0.2) is 4.98 Å². The summed E-state index contributed by atoms with van der Waals surface area (Å²) in [5, 5.41) is 4.00. The van der Waals surface area contributed by atoms with Crippen LogP contribution in [0.25, 0.3) is 22.0 Å². The predicted octanol–water partition coefficient (Wildman–Crippen LogP) is 5.26. The lowest BCUT2D eigenvalue weighted by Crippen LogP contribution is -2.11. The number of carbonyl (C=O) groups excluding carboxylic acids is 1. The Morgan fingerprint density at radius 2 is 1.79 bits per heavy atom. The number of amides is 1. The first-order chi connectivity index (χ1) is 13.3. The van der Waals surface area contributed by atoms with E-state index in [1.807, 2.05) is 12.1 Å². The summed E-state index contributed by atoms with van der Waals surface area (Å²) in [5.41, 5.74) is 0.357. The summed E-state index contributed by atoms with van der Waals surface area (Å²) in [5.74, 6) is 0.0650. The van der Waals surface area contributed by atoms with Gasteiger partial charge in [-0.2, -0.15) is 13.2 Å². The van der Waals surface area contributed by atoms with E-state index in [2.05, 4.69) is 10.3 Å². The van der Waals surface area contributed by atoms with Gasteiger partial charge in [-0.1, -0.05) is 0 Å². The van der Waals surface area contributed by atoms with E-state index in [-0.39, 0.29) is 17.2 Å². The van der Waals surface area contributed by atoms with Gasteiger partial charge in [0.25, 0.3) is 5.91 Å². The molecule has 2 aromatic carbocycles. The molecule has 2 aromatic heterocycles. The molecule has 0 bridgehead atoms. The number of anilines is 1. The van der Waals surface area contributed by atoms with E-state index in [0.717, 1.165) is 17.5 Å². The zero-order valence-electron chi connectivity index (χ0n) is 14.5. The molecule has 0 fully saturated rings. The molecule has 0 aliphatic rings. The van der Waals surface area contributed by atoms with Crippen LogP contribution in [-0.4, -0.2) is 18.0 Å². The van der Waals surface area contributed by atoms with Gasteiger partial charge in [0.2, 0.25) is 5.71 Å². The molecule has 2 heterocycles. The van der Waals surface area contributed by atoms with Gasteiger partial charge in [-0.05, 0) is 48.5 Å². The highest BCUT2D eigenvalue weighted by Gasteiger charge is 2.30. The van der Waals surface area contributed by atoms with E-state index in [4.69, 9.17) is 9.15 Å². The van der Waals surface area contributed by atoms with Gasteiger partial charge in [0.05, 0.1) is 18.2 Å². The summed E-state index contributed by atoms with van der Waals surface area (Å²) in [4.78, 5) is 16.8. The Labute approximate surface area is 156 Å². The van der Waals surface area contributed by atoms with Crippen molar-refractivity contribution in [3.8, 4) is 5.75 Å². The molecule has 1 amide bonds. The number of nitrogens with zero attached hydrogens (tertiary/aromatic N) is 1. The minimum absolute atomic E-state index is 0.00432. The van der Waals surface area contributed by atoms with Gasteiger partial charge in [-0.15, -0.1) is 0 Å². The number of aromatic nitrogens is 1. The zero-order chi connectivity index (χ0) is 19.9. The van der Waals surface area contributed by atoms with Gasteiger partial charge in [0.15, 0.2) is 5.76 Å². The highest BCUT2D eigenvalue weighted by molar-refractivity contribution is 6.05. The lowest BCUT2D eigenvalue weighted by atomic mass is 10.2. The average molecular weight is 386 g/mol. The van der Waals surface area contributed by atoms with Crippen LogP contribution in [0.15, 0.2) is 59.0 Å². The maximum atomic E-state index is 12.6. The second kappa shape index (κ2) is 6.56. The monoisotopic (exact) mass is 386 g/mol. The van der Waals surface area contributed by atoms with Crippen molar-refractivity contribution in [2.24, 2.45) is 0 Å². The predicted molar refractivity (Wildman–Crippen MR) is 97.5 cm³/mol. The van der Waals surface area contributed by atoms with Crippen molar-refractivity contribution < 1.29 is 27.1 Å². The fourth-order valence-electron chi connectivity index (χ4n) is 2.78. The molecule has 0 spiro atoms. The third-order valence-electron chi connectivity index (χ3n) is 4.20. The van der Waals surface area contributed by atoms with Crippen LogP contribution in [0.1, 0.15) is 16.1 Å². The quantitative estimate of drug-likeness (QED) is 0.522. The smallest absolute Gasteiger partial charge is 0.416 e. The fourth-order valence-corrected chi connectivity index (χ4v) is 2.78. The summed E-state index contributed by atoms with van der Waals surface area (Å²) in [7, 11) is 1.55. The number of methoxy groups -OCH3 is 1. The number of fused-ring (bicyclic) bond motifs is 2. The van der Waals surface area contributed by atoms with Crippen molar-refractivity contribution in [3.63, 3.8) is 0 Å². The second-order valence-electron chi connectivity index (χ2n) is 6.08. The van der Waals surface area contributed by atoms with Crippen molar-refractivity contribution in [2.75, 3.05) is 12.4 Å². The highest BCUT2D eigenvalue weighted by atomic mass is 19.4. The van der Waals surface area contributed by atoms with E-state index >= 15 is 0 Å². The van der Waals surface area contributed by atoms with Crippen LogP contribution < -0.4 is 10.1 Å². The van der Waals surface area contributed by atoms with Crippen LogP contribution in [0.3, 0.4) is 0 Å². The Morgan fingerprint density at radius 3 is 2.46 bits per heavy atom. The van der Waals surface area contributed by atoms with Crippen LogP contribution in [-0.2, 0) is 6.18 Å². The Morgan fingerprint density at radius 1 is 1.04 bits per heavy atom. The molecule has 0 aliphatic carbocycles. The summed E-state index contributed by atoms with van der Waals surface area (Å²) in [6.07, 6.45) is -4.43. The maximum Gasteiger partial charge on any atom is 0.416 e. The number of hydrogen-bond donors (Lipinski definition) is 1. The number of halogens is 3. The molecular weight excluding hydrogens is 373 g/mol. The molecule has 0 radical (unpaired) electrons. The Balaban J connectivity index is 1.61. The van der Waals surface area contributed by atoms with E-state index in [0.29, 0.717) is 16.7 Å². The number of rotatable bonds is 3. The first-order valence-corrected chi connectivity index (χ1v) is 8.20. The second-order valence-corrected chi connectivity index (χ2v) is 6.08.